The van der Waals surface area contributed by atoms with Crippen molar-refractivity contribution in [3.8, 4) is 29.1 Å². The molecule has 6 aromatic carbocycles. The number of carboxylic acid groups (broad SMARTS) is 2. The average Bonchev–Trinajstić information content (AvgIpc) is 1.59. The van der Waals surface area contributed by atoms with Gasteiger partial charge in [-0.1, -0.05) is 165 Å². The normalized spacial score (nSPS) is 21.5. The van der Waals surface area contributed by atoms with Gasteiger partial charge in [0.05, 0.1) is 148 Å². The minimum atomic E-state index is -4.13. The van der Waals surface area contributed by atoms with Gasteiger partial charge in [0.15, 0.2) is 0 Å². The smallest absolute Gasteiger partial charge is 1.00 e. The van der Waals surface area contributed by atoms with Crippen LogP contribution in [0.3, 0.4) is 0 Å². The predicted octanol–water partition coefficient (Wildman–Crippen LogP) is 15.9. The first-order chi connectivity index (χ1) is 63.1. The fourth-order valence-electron chi connectivity index (χ4n) is 13.7. The number of phosphoric acid groups is 2. The maximum atomic E-state index is 14.0. The Labute approximate surface area is 1080 Å². The van der Waals surface area contributed by atoms with Gasteiger partial charge in [-0.2, -0.15) is 5.26 Å². The number of hydrogen-bond acceptors (Lipinski definition) is 32. The van der Waals surface area contributed by atoms with Gasteiger partial charge in [0.1, 0.15) is 58.3 Å². The minimum Gasteiger partial charge on any atom is -1.00 e. The molecule has 0 bridgehead atoms. The zero-order chi connectivity index (χ0) is 96.5. The number of ketones is 1. The van der Waals surface area contributed by atoms with E-state index < -0.39 is 111 Å². The number of esters is 1. The van der Waals surface area contributed by atoms with E-state index in [-0.39, 0.29) is 411 Å². The molecule has 46 heteroatoms. The van der Waals surface area contributed by atoms with Crippen molar-refractivity contribution in [2.24, 2.45) is 0 Å². The van der Waals surface area contributed by atoms with Gasteiger partial charge in [-0.15, -0.1) is 47.6 Å². The number of aliphatic carboxylic acids is 2. The number of methoxy groups -OCH3 is 4. The number of carbonyl (C=O) groups excluding carboxylic acids is 2. The summed E-state index contributed by atoms with van der Waals surface area (Å²) in [6.45, 7) is 20.4. The quantitative estimate of drug-likeness (QED) is 0.00593. The van der Waals surface area contributed by atoms with Crippen molar-refractivity contribution >= 4 is 376 Å². The molecule has 1 unspecified atom stereocenters. The Morgan fingerprint density at radius 2 is 0.799 bits per heavy atom. The van der Waals surface area contributed by atoms with Gasteiger partial charge in [0.25, 0.3) is 3.79 Å². The molecule has 0 saturated carbocycles. The van der Waals surface area contributed by atoms with Gasteiger partial charge in [0, 0.05) is 24.0 Å². The number of hydrogen-bond donors (Lipinski definition) is 5. The molecule has 0 radical (unpaired) electrons. The summed E-state index contributed by atoms with van der Waals surface area (Å²) in [6, 6.07) is 53.0. The van der Waals surface area contributed by atoms with Crippen molar-refractivity contribution in [1.82, 2.24) is 0 Å². The number of halogens is 3. The molecule has 5 N–H and O–H groups in total. The molecule has 6 fully saturated rings. The largest absolute Gasteiger partial charge is 2.00 e. The third-order valence-electron chi connectivity index (χ3n) is 20.2. The summed E-state index contributed by atoms with van der Waals surface area (Å²) in [7, 11) is -4.08. The van der Waals surface area contributed by atoms with Crippen LogP contribution in [-0.2, 0) is 123 Å². The van der Waals surface area contributed by atoms with Gasteiger partial charge in [-0.05, 0) is 122 Å². The number of carboxylic acids is 2. The zero-order valence-corrected chi connectivity index (χ0v) is 111. The number of ether oxygens (including phenoxy) is 13. The molecule has 15 atom stereocenters. The summed E-state index contributed by atoms with van der Waals surface area (Å²) >= 11 is 14.4. The van der Waals surface area contributed by atoms with Crippen LogP contribution < -0.4 is 18.9 Å². The molecule has 6 aliphatic rings. The summed E-state index contributed by atoms with van der Waals surface area (Å²) in [6.07, 6.45) is -2.55. The maximum Gasteiger partial charge on any atom is 2.00 e. The number of nitriles is 1. The second kappa shape index (κ2) is 74.3. The Kier molecular flexibility index (Phi) is 75.5. The molecule has 0 aromatic heterocycles. The van der Waals surface area contributed by atoms with Crippen LogP contribution in [0.4, 0.5) is 0 Å². The molecule has 750 valence electrons. The number of nitrogens with zero attached hydrogens (tertiary/aromatic N) is 1. The van der Waals surface area contributed by atoms with E-state index in [2.05, 4.69) is 12.1 Å². The molecule has 12 rings (SSSR count). The number of Topliss-reactive ketones (excluding diaryl/α,β-unsaturated/α-hetero) is 1. The number of aliphatic hydroxyl groups is 3. The van der Waals surface area contributed by atoms with Gasteiger partial charge >= 0.3 is 335 Å². The third kappa shape index (κ3) is 47.6. The Morgan fingerprint density at radius 3 is 1.13 bits per heavy atom. The topological polar surface area (TPSA) is 438 Å². The van der Waals surface area contributed by atoms with Crippen LogP contribution in [0.15, 0.2) is 158 Å². The van der Waals surface area contributed by atoms with Crippen LogP contribution in [0.2, 0.25) is 0 Å². The maximum absolute atomic E-state index is 14.0. The van der Waals surface area contributed by atoms with Crippen LogP contribution in [0.1, 0.15) is 168 Å². The van der Waals surface area contributed by atoms with Gasteiger partial charge < -0.3 is 95.7 Å². The van der Waals surface area contributed by atoms with Crippen LogP contribution in [0.25, 0.3) is 0 Å². The molecule has 0 amide bonds. The molecule has 139 heavy (non-hydrogen) atoms. The van der Waals surface area contributed by atoms with Crippen molar-refractivity contribution in [3.63, 3.8) is 0 Å². The molecular formula is C93H128Ba6Cl3NO33P3+. The molecule has 6 aliphatic heterocycles. The van der Waals surface area contributed by atoms with E-state index in [9.17, 15) is 43.1 Å². The number of rotatable bonds is 42. The van der Waals surface area contributed by atoms with E-state index in [0.717, 1.165) is 51.3 Å². The fraction of sp³-hybridized carbons (Fsp3) is 0.495. The van der Waals surface area contributed by atoms with Crippen LogP contribution >= 0.6 is 58.7 Å². The number of benzene rings is 6. The predicted molar refractivity (Wildman–Crippen MR) is 530 cm³/mol. The number of phosphoric ester groups is 2. The Bertz CT molecular complexity index is 4530. The standard InChI is InChI=1S/C36H43O10P.C32H36O8P.C13H21O10P.C7H14O3.C2HCl3O2.C2H3N.CH4.6Ba.6H/c1-5-32-34(21-23-41-32)46-47(38,43-24-19-26(2)37)44-25-35-33(20-22-42-35)45-36(27-9-7-6-8-10-27,28-11-15-30(39-3)16-12-28)29-13-17-31(40-4)18-14-29;1-4-28-30(19-21-36-28)40-41(33)38-22-31-29(18-20-37-31)39-32(23-8-6-5-7-9-23,24-10-14-26(34-2)15-11-24)25-12-16-27(35-3)17-13-25;14-7-11-10(2-5-19-11)23-24(18,21-6-3-13(16)17)22-8-12-9(15)1-4-20-12;1-7(2,3)10-6(9)4-5-8;3-2(4,5)1(6)7;1-2-3;;;;;;;;;;;;;/h6-18,22-23,32-35H,5,19-21,24-25H2,1-4H3;5-17,20-21,28-31H,4,18-19,22H2,1-3H3;4-5,9-12,14-15H,1-3,6-8H2,(H,16,17);8H,4-5H2,1-3H3;(H,6,7);1H3;1H4;;;;;;;;;;;;/q-2;-1;-2;;;;;6*+2;6*-1/t32-,33-,34-,35-,47+;28-,29-,30-,31-;9-,10-,11-,12-,24+;;;;;;;;;;;;;;;;/m111................/s1. The molecular weight excluding hydrogens is 2680 g/mol. The van der Waals surface area contributed by atoms with E-state index in [1.807, 2.05) is 159 Å². The summed E-state index contributed by atoms with van der Waals surface area (Å²) in [5.74, 6) is -0.126. The number of alkyl halides is 3. The third-order valence-corrected chi connectivity index (χ3v) is 24.5. The van der Waals surface area contributed by atoms with Crippen molar-refractivity contribution in [2.45, 2.75) is 220 Å². The first-order valence-corrected chi connectivity index (χ1v) is 47.5. The van der Waals surface area contributed by atoms with E-state index in [0.29, 0.717) is 50.0 Å². The SMILES string of the molecule is C.CC#N.CC(C)(C)OC(=O)CCO.CC[C@H]1O[CH-]C[C@H]1O[P+](=O)OC[C@H]1O[CH-]C[C@H]1OC(c1ccccc1)(c1ccc(OC)cc1)c1ccc(OC)cc1.CC[C@H]1O[CH-]C[C@H]1O[P@@](=O)(OCCC(C)=O)OC[C@H]1O[CH-]C[C@H]1OC(c1ccccc1)(c1ccc(OC)cc1)c1ccc(OC)cc1.O=C(O)C(Cl)(Cl)Cl.O=C(O)CCO[P@@](=O)(OC[C@H]1O[CH-]C[C@H]1O)O[C@@H]1C[CH-]O[C@@H]1CO.[Ba+2].[Ba+2].[Ba+2].[Ba+2].[Ba+2].[Ba+2].[H-].[H-].[H-].[H-].[H-].[H-]. The molecule has 6 saturated heterocycles. The summed E-state index contributed by atoms with van der Waals surface area (Å²) < 4.78 is 156. The first-order valence-electron chi connectivity index (χ1n) is 42.3. The second-order valence-electron chi connectivity index (χ2n) is 30.6. The Hall–Kier alpha value is 2.19. The van der Waals surface area contributed by atoms with Crippen molar-refractivity contribution in [3.05, 3.63) is 231 Å². The second-order valence-corrected chi connectivity index (χ2v) is 37.1. The summed E-state index contributed by atoms with van der Waals surface area (Å²) in [5, 5.41) is 51.0. The number of carbonyl (C=O) groups is 4. The van der Waals surface area contributed by atoms with Crippen LogP contribution in [0, 0.1) is 51.0 Å². The fourth-order valence-corrected chi connectivity index (χ4v) is 17.2. The Morgan fingerprint density at radius 1 is 0.482 bits per heavy atom. The van der Waals surface area contributed by atoms with E-state index in [1.165, 1.54) is 27.1 Å². The molecule has 0 spiro atoms. The van der Waals surface area contributed by atoms with Crippen molar-refractivity contribution < 1.29 is 165 Å². The first kappa shape index (κ1) is 141. The molecule has 6 heterocycles. The van der Waals surface area contributed by atoms with E-state index in [1.54, 1.807) is 81.7 Å². The van der Waals surface area contributed by atoms with Gasteiger partial charge in [-0.25, -0.2) is 53.6 Å². The van der Waals surface area contributed by atoms with Crippen molar-refractivity contribution in [1.29, 1.82) is 5.26 Å². The minimum absolute atomic E-state index is 0. The summed E-state index contributed by atoms with van der Waals surface area (Å²) in [4.78, 5) is 42.5. The van der Waals surface area contributed by atoms with Gasteiger partial charge in [0.2, 0.25) is 0 Å². The van der Waals surface area contributed by atoms with Crippen molar-refractivity contribution in [2.75, 3.05) is 74.7 Å². The molecule has 0 aliphatic carbocycles. The zero-order valence-electron chi connectivity index (χ0n) is 85.5. The average molecular weight is 2810 g/mol. The van der Waals surface area contributed by atoms with Gasteiger partial charge in [-0.3, -0.25) is 41.5 Å². The molecule has 6 aromatic rings. The van der Waals surface area contributed by atoms with E-state index in [4.69, 9.17) is 153 Å². The number of aliphatic hydroxyl groups excluding tert-OH is 3. The van der Waals surface area contributed by atoms with Crippen LogP contribution in [-0.4, -0.2) is 500 Å². The summed E-state index contributed by atoms with van der Waals surface area (Å²) in [5.41, 5.74) is 2.87. The monoisotopic (exact) mass is 2810 g/mol. The van der Waals surface area contributed by atoms with Crippen LogP contribution in [0.5, 0.6) is 23.0 Å². The molecule has 34 nitrogen and oxygen atoms in total. The Balaban J connectivity index is -0.000000354. The van der Waals surface area contributed by atoms with E-state index >= 15 is 0 Å².